The molecule has 0 radical (unpaired) electrons. The Kier molecular flexibility index (Phi) is 2.32. The fourth-order valence-corrected chi connectivity index (χ4v) is 0.936. The average Bonchev–Trinajstić information content (AvgIpc) is 1.96. The van der Waals surface area contributed by atoms with Crippen LogP contribution >= 0.6 is 11.6 Å². The summed E-state index contributed by atoms with van der Waals surface area (Å²) >= 11 is 5.39. The number of hydrogen-bond donors (Lipinski definition) is 2. The van der Waals surface area contributed by atoms with Crippen LogP contribution in [-0.2, 0) is 0 Å². The molecule has 1 aromatic rings. The van der Waals surface area contributed by atoms with E-state index in [1.54, 1.807) is 0 Å². The maximum atomic E-state index is 12.1. The number of alkyl halides is 2. The predicted molar refractivity (Wildman–Crippen MR) is 43.0 cm³/mol. The van der Waals surface area contributed by atoms with Gasteiger partial charge in [0, 0.05) is 6.07 Å². The number of nitrogens with zero attached hydrogens (tertiary/aromatic N) is 1. The number of halogens is 3. The van der Waals surface area contributed by atoms with E-state index in [4.69, 9.17) is 23.1 Å². The molecule has 0 atom stereocenters. The minimum absolute atomic E-state index is 0.0188. The lowest BCUT2D eigenvalue weighted by molar-refractivity contribution is 0.147. The van der Waals surface area contributed by atoms with Crippen molar-refractivity contribution < 1.29 is 8.78 Å². The Morgan fingerprint density at radius 3 is 2.50 bits per heavy atom. The van der Waals surface area contributed by atoms with Gasteiger partial charge in [-0.15, -0.1) is 0 Å². The van der Waals surface area contributed by atoms with E-state index in [-0.39, 0.29) is 16.5 Å². The molecule has 3 nitrogen and oxygen atoms in total. The molecule has 0 saturated carbocycles. The van der Waals surface area contributed by atoms with Gasteiger partial charge in [-0.05, 0) is 0 Å². The van der Waals surface area contributed by atoms with Crippen LogP contribution in [0.15, 0.2) is 6.07 Å². The van der Waals surface area contributed by atoms with Crippen molar-refractivity contribution in [3.8, 4) is 0 Å². The number of nitrogens with two attached hydrogens (primary N) is 2. The summed E-state index contributed by atoms with van der Waals surface area (Å²) < 4.78 is 24.3. The van der Waals surface area contributed by atoms with Gasteiger partial charge in [0.25, 0.3) is 6.43 Å². The highest BCUT2D eigenvalue weighted by molar-refractivity contribution is 6.29. The summed E-state index contributed by atoms with van der Waals surface area (Å²) in [4.78, 5) is 3.34. The van der Waals surface area contributed by atoms with Crippen LogP contribution in [0.4, 0.5) is 20.2 Å². The fourth-order valence-electron chi connectivity index (χ4n) is 0.728. The monoisotopic (exact) mass is 193 g/mol. The zero-order valence-corrected chi connectivity index (χ0v) is 6.65. The van der Waals surface area contributed by atoms with Gasteiger partial charge in [0.2, 0.25) is 0 Å². The minimum atomic E-state index is -2.76. The van der Waals surface area contributed by atoms with E-state index >= 15 is 0 Å². The molecule has 0 fully saturated rings. The smallest absolute Gasteiger partial charge is 0.282 e. The first-order chi connectivity index (χ1) is 5.52. The molecule has 0 aromatic carbocycles. The Hall–Kier alpha value is -1.10. The Morgan fingerprint density at radius 2 is 2.00 bits per heavy atom. The number of rotatable bonds is 1. The molecular weight excluding hydrogens is 188 g/mol. The second-order valence-corrected chi connectivity index (χ2v) is 2.52. The standard InChI is InChI=1S/C6H6ClF2N3/c7-3-1-2(10)4(11)5(12-3)6(8)9/h1,6H,11H2,(H2,10,12). The fraction of sp³-hybridized carbons (Fsp3) is 0.167. The van der Waals surface area contributed by atoms with E-state index in [9.17, 15) is 8.78 Å². The van der Waals surface area contributed by atoms with E-state index in [2.05, 4.69) is 4.98 Å². The molecule has 0 aliphatic carbocycles. The first-order valence-electron chi connectivity index (χ1n) is 3.02. The third-order valence-corrected chi connectivity index (χ3v) is 1.49. The van der Waals surface area contributed by atoms with Crippen LogP contribution in [0.25, 0.3) is 0 Å². The third kappa shape index (κ3) is 1.55. The summed E-state index contributed by atoms with van der Waals surface area (Å²) in [5.74, 6) is 0. The largest absolute Gasteiger partial charge is 0.397 e. The van der Waals surface area contributed by atoms with Gasteiger partial charge in [-0.1, -0.05) is 11.6 Å². The number of aromatic nitrogens is 1. The molecule has 0 aliphatic heterocycles. The molecule has 1 heterocycles. The SMILES string of the molecule is Nc1cc(Cl)nc(C(F)F)c1N. The normalized spacial score (nSPS) is 10.7. The highest BCUT2D eigenvalue weighted by atomic mass is 35.5. The maximum absolute atomic E-state index is 12.1. The van der Waals surface area contributed by atoms with E-state index in [0.717, 1.165) is 0 Å². The highest BCUT2D eigenvalue weighted by Gasteiger charge is 2.15. The van der Waals surface area contributed by atoms with Gasteiger partial charge in [0.1, 0.15) is 10.8 Å². The van der Waals surface area contributed by atoms with E-state index in [1.807, 2.05) is 0 Å². The summed E-state index contributed by atoms with van der Waals surface area (Å²) in [6.07, 6.45) is -2.76. The molecule has 0 spiro atoms. The van der Waals surface area contributed by atoms with Gasteiger partial charge in [0.05, 0.1) is 11.4 Å². The van der Waals surface area contributed by atoms with Gasteiger partial charge < -0.3 is 11.5 Å². The molecule has 1 rings (SSSR count). The second-order valence-electron chi connectivity index (χ2n) is 2.13. The maximum Gasteiger partial charge on any atom is 0.282 e. The Balaban J connectivity index is 3.28. The lowest BCUT2D eigenvalue weighted by atomic mass is 10.2. The quantitative estimate of drug-likeness (QED) is 0.669. The summed E-state index contributed by atoms with van der Waals surface area (Å²) in [6.45, 7) is 0. The first kappa shape index (κ1) is 8.99. The molecule has 0 aliphatic rings. The van der Waals surface area contributed by atoms with E-state index < -0.39 is 12.1 Å². The van der Waals surface area contributed by atoms with Crippen molar-refractivity contribution in [2.24, 2.45) is 0 Å². The predicted octanol–water partition coefficient (Wildman–Crippen LogP) is 1.84. The summed E-state index contributed by atoms with van der Waals surface area (Å²) in [5, 5.41) is -0.0861. The van der Waals surface area contributed by atoms with Crippen LogP contribution in [0.5, 0.6) is 0 Å². The average molecular weight is 194 g/mol. The van der Waals surface area contributed by atoms with Gasteiger partial charge in [-0.2, -0.15) is 0 Å². The van der Waals surface area contributed by atoms with Crippen LogP contribution < -0.4 is 11.5 Å². The molecule has 0 unspecified atom stereocenters. The molecule has 0 amide bonds. The lowest BCUT2D eigenvalue weighted by Crippen LogP contribution is -2.03. The van der Waals surface area contributed by atoms with Crippen molar-refractivity contribution in [1.29, 1.82) is 0 Å². The zero-order valence-electron chi connectivity index (χ0n) is 5.89. The van der Waals surface area contributed by atoms with Crippen LogP contribution in [0.1, 0.15) is 12.1 Å². The summed E-state index contributed by atoms with van der Waals surface area (Å²) in [7, 11) is 0. The Morgan fingerprint density at radius 1 is 1.42 bits per heavy atom. The number of hydrogen-bond acceptors (Lipinski definition) is 3. The lowest BCUT2D eigenvalue weighted by Gasteiger charge is -2.06. The summed E-state index contributed by atoms with van der Waals surface area (Å²) in [6, 6.07) is 1.22. The van der Waals surface area contributed by atoms with Gasteiger partial charge in [0.15, 0.2) is 0 Å². The first-order valence-corrected chi connectivity index (χ1v) is 3.39. The van der Waals surface area contributed by atoms with Crippen LogP contribution in [0.2, 0.25) is 5.15 Å². The van der Waals surface area contributed by atoms with Crippen molar-refractivity contribution in [1.82, 2.24) is 4.98 Å². The van der Waals surface area contributed by atoms with Crippen molar-refractivity contribution in [3.05, 3.63) is 16.9 Å². The molecule has 66 valence electrons. The minimum Gasteiger partial charge on any atom is -0.397 e. The molecule has 0 saturated heterocycles. The number of nitrogen functional groups attached to an aromatic ring is 2. The van der Waals surface area contributed by atoms with Crippen molar-refractivity contribution in [3.63, 3.8) is 0 Å². The van der Waals surface area contributed by atoms with Gasteiger partial charge in [-0.3, -0.25) is 0 Å². The van der Waals surface area contributed by atoms with Crippen LogP contribution in [-0.4, -0.2) is 4.98 Å². The number of anilines is 2. The van der Waals surface area contributed by atoms with Crippen LogP contribution in [0, 0.1) is 0 Å². The highest BCUT2D eigenvalue weighted by Crippen LogP contribution is 2.29. The molecule has 12 heavy (non-hydrogen) atoms. The van der Waals surface area contributed by atoms with Gasteiger partial charge >= 0.3 is 0 Å². The van der Waals surface area contributed by atoms with Crippen molar-refractivity contribution in [2.45, 2.75) is 6.43 Å². The molecule has 4 N–H and O–H groups in total. The topological polar surface area (TPSA) is 64.9 Å². The third-order valence-electron chi connectivity index (χ3n) is 1.30. The number of pyridine rings is 1. The second kappa shape index (κ2) is 3.10. The van der Waals surface area contributed by atoms with Crippen molar-refractivity contribution in [2.75, 3.05) is 11.5 Å². The molecular formula is C6H6ClF2N3. The molecule has 0 bridgehead atoms. The Labute approximate surface area is 72.3 Å². The summed E-state index contributed by atoms with van der Waals surface area (Å²) in [5.41, 5.74) is 9.74. The van der Waals surface area contributed by atoms with E-state index in [1.165, 1.54) is 6.07 Å². The van der Waals surface area contributed by atoms with Crippen molar-refractivity contribution >= 4 is 23.0 Å². The van der Waals surface area contributed by atoms with Crippen LogP contribution in [0.3, 0.4) is 0 Å². The molecule has 6 heteroatoms. The molecule has 1 aromatic heterocycles. The van der Waals surface area contributed by atoms with E-state index in [0.29, 0.717) is 0 Å². The Bertz CT molecular complexity index is 303. The zero-order chi connectivity index (χ0) is 9.30. The van der Waals surface area contributed by atoms with Gasteiger partial charge in [-0.25, -0.2) is 13.8 Å².